The van der Waals surface area contributed by atoms with Crippen LogP contribution in [0.25, 0.3) is 4.85 Å². The summed E-state index contributed by atoms with van der Waals surface area (Å²) in [7, 11) is 0. The Hall–Kier alpha value is -3.50. The van der Waals surface area contributed by atoms with Crippen LogP contribution in [0.15, 0.2) is 36.4 Å². The zero-order valence-corrected chi connectivity index (χ0v) is 18.6. The number of hydrogen-bond acceptors (Lipinski definition) is 3. The Morgan fingerprint density at radius 3 is 2.44 bits per heavy atom. The van der Waals surface area contributed by atoms with Crippen molar-refractivity contribution in [2.45, 2.75) is 50.2 Å². The molecule has 1 saturated carbocycles. The van der Waals surface area contributed by atoms with Crippen LogP contribution in [0.5, 0.6) is 0 Å². The van der Waals surface area contributed by atoms with E-state index in [0.29, 0.717) is 43.4 Å². The van der Waals surface area contributed by atoms with Crippen molar-refractivity contribution in [2.75, 3.05) is 9.80 Å². The third-order valence-corrected chi connectivity index (χ3v) is 6.65. The Kier molecular flexibility index (Phi) is 6.05. The Labute approximate surface area is 199 Å². The predicted molar refractivity (Wildman–Crippen MR) is 122 cm³/mol. The first kappa shape index (κ1) is 23.7. The Bertz CT molecular complexity index is 1260. The van der Waals surface area contributed by atoms with Gasteiger partial charge in [-0.25, -0.2) is 9.24 Å². The number of halogens is 4. The topological polar surface area (TPSA) is 51.7 Å². The highest BCUT2D eigenvalue weighted by atomic mass is 32.1. The molecule has 10 heteroatoms. The number of carbonyl (C=O) groups excluding carboxylic acids is 1. The number of alkyl halides is 3. The van der Waals surface area contributed by atoms with E-state index in [0.717, 1.165) is 23.5 Å². The Balaban J connectivity index is 1.73. The van der Waals surface area contributed by atoms with Crippen LogP contribution in [-0.4, -0.2) is 16.6 Å². The van der Waals surface area contributed by atoms with Crippen LogP contribution in [0.1, 0.15) is 43.2 Å². The molecule has 5 nitrogen and oxygen atoms in total. The molecule has 4 rings (SSSR count). The molecule has 34 heavy (non-hydrogen) atoms. The lowest BCUT2D eigenvalue weighted by Crippen LogP contribution is -2.55. The van der Waals surface area contributed by atoms with Crippen LogP contribution < -0.4 is 9.80 Å². The van der Waals surface area contributed by atoms with Crippen molar-refractivity contribution in [3.05, 3.63) is 64.8 Å². The number of benzene rings is 2. The summed E-state index contributed by atoms with van der Waals surface area (Å²) in [5.74, 6) is -0.967. The molecule has 1 aliphatic heterocycles. The van der Waals surface area contributed by atoms with Crippen LogP contribution in [0.2, 0.25) is 0 Å². The van der Waals surface area contributed by atoms with Crippen molar-refractivity contribution < 1.29 is 22.4 Å². The maximum atomic E-state index is 14.8. The van der Waals surface area contributed by atoms with E-state index in [1.165, 1.54) is 17.0 Å². The number of nitriles is 1. The lowest BCUT2D eigenvalue weighted by molar-refractivity contribution is -0.136. The average Bonchev–Trinajstić information content (AvgIpc) is 3.00. The summed E-state index contributed by atoms with van der Waals surface area (Å²) >= 11 is 5.54. The smallest absolute Gasteiger partial charge is 0.303 e. The number of nitrogens with zero attached hydrogens (tertiary/aromatic N) is 4. The maximum Gasteiger partial charge on any atom is 0.407 e. The van der Waals surface area contributed by atoms with Gasteiger partial charge >= 0.3 is 6.18 Å². The minimum atomic E-state index is -4.78. The predicted octanol–water partition coefficient (Wildman–Crippen LogP) is 6.30. The van der Waals surface area contributed by atoms with Gasteiger partial charge in [0.25, 0.3) is 5.91 Å². The third kappa shape index (κ3) is 3.78. The van der Waals surface area contributed by atoms with Gasteiger partial charge in [-0.2, -0.15) is 18.4 Å². The monoisotopic (exact) mass is 486 g/mol. The summed E-state index contributed by atoms with van der Waals surface area (Å²) in [6.45, 7) is 7.02. The second kappa shape index (κ2) is 8.69. The van der Waals surface area contributed by atoms with Crippen LogP contribution in [0, 0.1) is 23.7 Å². The quantitative estimate of drug-likeness (QED) is 0.215. The van der Waals surface area contributed by atoms with E-state index in [-0.39, 0.29) is 10.8 Å². The Morgan fingerprint density at radius 2 is 1.88 bits per heavy atom. The number of rotatable bonds is 5. The van der Waals surface area contributed by atoms with E-state index in [1.54, 1.807) is 12.1 Å². The number of aryl methyl sites for hydroxylation is 1. The van der Waals surface area contributed by atoms with E-state index >= 15 is 0 Å². The first-order valence-electron chi connectivity index (χ1n) is 10.6. The second-order valence-corrected chi connectivity index (χ2v) is 8.61. The van der Waals surface area contributed by atoms with Crippen LogP contribution in [0.4, 0.5) is 34.6 Å². The molecular formula is C24H18F4N4OS. The molecule has 0 radical (unpaired) electrons. The molecule has 1 aliphatic carbocycles. The van der Waals surface area contributed by atoms with Gasteiger partial charge in [-0.3, -0.25) is 9.69 Å². The van der Waals surface area contributed by atoms with E-state index in [1.807, 2.05) is 6.07 Å². The van der Waals surface area contributed by atoms with Gasteiger partial charge in [0.05, 0.1) is 18.2 Å². The SMILES string of the molecule is [C-]#[N+]c1ccc(N2C(=O)C3(CCC3)N(c3ccc(CCCC#N)c(F)c3)C2=S)cc1C(F)(F)F. The van der Waals surface area contributed by atoms with Gasteiger partial charge in [0.2, 0.25) is 0 Å². The van der Waals surface area contributed by atoms with Gasteiger partial charge in [0.1, 0.15) is 11.4 Å². The normalized spacial score (nSPS) is 17.0. The van der Waals surface area contributed by atoms with Crippen molar-refractivity contribution >= 4 is 40.3 Å². The zero-order chi connectivity index (χ0) is 24.7. The number of amides is 1. The molecule has 0 aromatic heterocycles. The van der Waals surface area contributed by atoms with Gasteiger partial charge in [-0.05, 0) is 74.2 Å². The first-order valence-corrected chi connectivity index (χ1v) is 11.0. The van der Waals surface area contributed by atoms with Crippen molar-refractivity contribution in [1.29, 1.82) is 5.26 Å². The zero-order valence-electron chi connectivity index (χ0n) is 17.8. The molecule has 1 spiro atoms. The lowest BCUT2D eigenvalue weighted by atomic mass is 9.75. The average molecular weight is 486 g/mol. The maximum absolute atomic E-state index is 14.8. The minimum absolute atomic E-state index is 0.0370. The first-order chi connectivity index (χ1) is 16.1. The van der Waals surface area contributed by atoms with Crippen molar-refractivity contribution in [3.8, 4) is 6.07 Å². The second-order valence-electron chi connectivity index (χ2n) is 8.24. The number of hydrogen-bond donors (Lipinski definition) is 0. The molecular weight excluding hydrogens is 468 g/mol. The highest BCUT2D eigenvalue weighted by Crippen LogP contribution is 2.49. The molecule has 2 aromatic rings. The molecule has 2 aliphatic rings. The fourth-order valence-electron chi connectivity index (χ4n) is 4.43. The van der Waals surface area contributed by atoms with Crippen molar-refractivity contribution in [1.82, 2.24) is 0 Å². The highest BCUT2D eigenvalue weighted by Gasteiger charge is 2.59. The molecule has 2 aromatic carbocycles. The Morgan fingerprint density at radius 1 is 1.18 bits per heavy atom. The minimum Gasteiger partial charge on any atom is -0.303 e. The largest absolute Gasteiger partial charge is 0.407 e. The molecule has 0 atom stereocenters. The number of unbranched alkanes of at least 4 members (excludes halogenated alkanes) is 1. The fraction of sp³-hybridized carbons (Fsp3) is 0.333. The highest BCUT2D eigenvalue weighted by molar-refractivity contribution is 7.81. The molecule has 1 heterocycles. The molecule has 0 N–H and O–H groups in total. The molecule has 0 bridgehead atoms. The summed E-state index contributed by atoms with van der Waals surface area (Å²) < 4.78 is 55.3. The molecule has 2 fully saturated rings. The van der Waals surface area contributed by atoms with E-state index in [2.05, 4.69) is 4.85 Å². The summed E-state index contributed by atoms with van der Waals surface area (Å²) in [5, 5.41) is 8.64. The lowest BCUT2D eigenvalue weighted by Gasteiger charge is -2.43. The van der Waals surface area contributed by atoms with Crippen molar-refractivity contribution in [3.63, 3.8) is 0 Å². The summed E-state index contributed by atoms with van der Waals surface area (Å²) in [6.07, 6.45) is -2.01. The van der Waals surface area contributed by atoms with Crippen LogP contribution in [-0.2, 0) is 17.4 Å². The van der Waals surface area contributed by atoms with Crippen molar-refractivity contribution in [2.24, 2.45) is 0 Å². The molecule has 1 amide bonds. The van der Waals surface area contributed by atoms with Gasteiger partial charge in [-0.1, -0.05) is 12.1 Å². The van der Waals surface area contributed by atoms with Crippen LogP contribution >= 0.6 is 12.2 Å². The van der Waals surface area contributed by atoms with E-state index in [4.69, 9.17) is 24.1 Å². The number of carbonyl (C=O) groups is 1. The van der Waals surface area contributed by atoms with Gasteiger partial charge < -0.3 is 4.90 Å². The van der Waals surface area contributed by atoms with Gasteiger partial charge in [-0.15, -0.1) is 0 Å². The molecule has 1 saturated heterocycles. The van der Waals surface area contributed by atoms with E-state index < -0.39 is 34.7 Å². The fourth-order valence-corrected chi connectivity index (χ4v) is 4.90. The number of anilines is 2. The van der Waals surface area contributed by atoms with Crippen LogP contribution in [0.3, 0.4) is 0 Å². The molecule has 0 unspecified atom stereocenters. The number of thiocarbonyl (C=S) groups is 1. The standard InChI is InChI=1S/C24H18F4N4OS/c1-30-20-9-8-16(13-18(20)24(26,27)28)31-21(33)23(10-4-11-23)32(22(31)34)17-7-6-15(19(25)14-17)5-2-3-12-29/h6-9,13-14H,2-5,10-11H2. The molecule has 174 valence electrons. The summed E-state index contributed by atoms with van der Waals surface area (Å²) in [5.41, 5.74) is -2.11. The van der Waals surface area contributed by atoms with Gasteiger partial charge in [0.15, 0.2) is 10.8 Å². The summed E-state index contributed by atoms with van der Waals surface area (Å²) in [4.78, 5) is 19.0. The third-order valence-electron chi connectivity index (χ3n) is 6.29. The van der Waals surface area contributed by atoms with Gasteiger partial charge in [0, 0.05) is 17.8 Å². The van der Waals surface area contributed by atoms with E-state index in [9.17, 15) is 22.4 Å². The summed E-state index contributed by atoms with van der Waals surface area (Å²) in [6, 6.07) is 9.54.